The first kappa shape index (κ1) is 14.2. The summed E-state index contributed by atoms with van der Waals surface area (Å²) >= 11 is 0. The van der Waals surface area contributed by atoms with Crippen LogP contribution in [0.2, 0.25) is 0 Å². The van der Waals surface area contributed by atoms with Crippen LogP contribution in [-0.4, -0.2) is 0 Å². The summed E-state index contributed by atoms with van der Waals surface area (Å²) in [5, 5.41) is 0. The van der Waals surface area contributed by atoms with Crippen molar-refractivity contribution in [2.24, 2.45) is 11.1 Å². The molecule has 0 saturated carbocycles. The maximum absolute atomic E-state index is 6.46. The molecule has 0 aromatic heterocycles. The summed E-state index contributed by atoms with van der Waals surface area (Å²) in [4.78, 5) is 0. The van der Waals surface area contributed by atoms with Gasteiger partial charge in [-0.2, -0.15) is 0 Å². The van der Waals surface area contributed by atoms with Gasteiger partial charge in [-0.3, -0.25) is 0 Å². The van der Waals surface area contributed by atoms with E-state index < -0.39 is 0 Å². The fourth-order valence-corrected chi connectivity index (χ4v) is 2.43. The van der Waals surface area contributed by atoms with Crippen molar-refractivity contribution in [3.8, 4) is 0 Å². The van der Waals surface area contributed by atoms with Gasteiger partial charge in [0.1, 0.15) is 0 Å². The normalized spacial score (nSPS) is 13.9. The molecule has 0 aliphatic rings. The van der Waals surface area contributed by atoms with Crippen LogP contribution < -0.4 is 5.73 Å². The van der Waals surface area contributed by atoms with Crippen LogP contribution in [-0.2, 0) is 0 Å². The Kier molecular flexibility index (Phi) is 3.73. The molecular formula is C16H27N. The van der Waals surface area contributed by atoms with Gasteiger partial charge in [0.05, 0.1) is 0 Å². The molecule has 0 aliphatic heterocycles. The minimum atomic E-state index is 0.0977. The fourth-order valence-electron chi connectivity index (χ4n) is 2.43. The van der Waals surface area contributed by atoms with E-state index in [4.69, 9.17) is 5.73 Å². The molecule has 1 aromatic rings. The van der Waals surface area contributed by atoms with E-state index in [2.05, 4.69) is 55.4 Å². The van der Waals surface area contributed by atoms with Crippen molar-refractivity contribution in [1.29, 1.82) is 0 Å². The number of hydrogen-bond donors (Lipinski definition) is 1. The first-order chi connectivity index (χ1) is 7.59. The first-order valence-electron chi connectivity index (χ1n) is 6.41. The molecule has 1 aromatic carbocycles. The van der Waals surface area contributed by atoms with Gasteiger partial charge in [-0.1, -0.05) is 20.8 Å². The summed E-state index contributed by atoms with van der Waals surface area (Å²) in [5.74, 6) is 0. The molecule has 1 heteroatoms. The van der Waals surface area contributed by atoms with Crippen LogP contribution in [0.4, 0.5) is 0 Å². The molecular weight excluding hydrogens is 206 g/mol. The predicted molar refractivity (Wildman–Crippen MR) is 76.5 cm³/mol. The van der Waals surface area contributed by atoms with Gasteiger partial charge in [0, 0.05) is 6.04 Å². The molecule has 0 heterocycles. The van der Waals surface area contributed by atoms with Gasteiger partial charge in [0.25, 0.3) is 0 Å². The molecule has 0 spiro atoms. The Morgan fingerprint density at radius 3 is 1.29 bits per heavy atom. The number of benzene rings is 1. The van der Waals surface area contributed by atoms with E-state index in [0.717, 1.165) is 0 Å². The zero-order chi connectivity index (χ0) is 13.5. The molecule has 1 nitrogen and oxygen atoms in total. The molecule has 0 amide bonds. The monoisotopic (exact) mass is 233 g/mol. The highest BCUT2D eigenvalue weighted by Gasteiger charge is 2.26. The summed E-state index contributed by atoms with van der Waals surface area (Å²) in [6.45, 7) is 17.7. The highest BCUT2D eigenvalue weighted by molar-refractivity contribution is 5.51. The second-order valence-electron chi connectivity index (χ2n) is 6.38. The van der Waals surface area contributed by atoms with Crippen molar-refractivity contribution < 1.29 is 0 Å². The average molecular weight is 233 g/mol. The van der Waals surface area contributed by atoms with E-state index >= 15 is 0 Å². The maximum Gasteiger partial charge on any atom is 0.0349 e. The summed E-state index contributed by atoms with van der Waals surface area (Å²) in [6.07, 6.45) is 0. The molecule has 17 heavy (non-hydrogen) atoms. The van der Waals surface area contributed by atoms with Gasteiger partial charge in [-0.15, -0.1) is 0 Å². The minimum Gasteiger partial charge on any atom is -0.323 e. The first-order valence-corrected chi connectivity index (χ1v) is 6.41. The third-order valence-electron chi connectivity index (χ3n) is 4.30. The molecule has 1 atom stereocenters. The Balaban J connectivity index is 3.55. The highest BCUT2D eigenvalue weighted by Crippen LogP contribution is 2.37. The van der Waals surface area contributed by atoms with Crippen molar-refractivity contribution >= 4 is 0 Å². The summed E-state index contributed by atoms with van der Waals surface area (Å²) in [6, 6.07) is 0.0977. The molecule has 0 aliphatic carbocycles. The molecule has 0 fully saturated rings. The second kappa shape index (κ2) is 4.45. The summed E-state index contributed by atoms with van der Waals surface area (Å²) in [7, 11) is 0. The van der Waals surface area contributed by atoms with Gasteiger partial charge in [0.2, 0.25) is 0 Å². The largest absolute Gasteiger partial charge is 0.323 e. The van der Waals surface area contributed by atoms with Gasteiger partial charge < -0.3 is 5.73 Å². The van der Waals surface area contributed by atoms with Gasteiger partial charge in [0.15, 0.2) is 0 Å². The smallest absolute Gasteiger partial charge is 0.0349 e. The number of hydrogen-bond acceptors (Lipinski definition) is 1. The quantitative estimate of drug-likeness (QED) is 0.770. The lowest BCUT2D eigenvalue weighted by atomic mass is 9.77. The minimum absolute atomic E-state index is 0.0977. The third kappa shape index (κ3) is 2.40. The maximum atomic E-state index is 6.46. The van der Waals surface area contributed by atoms with E-state index in [1.54, 1.807) is 0 Å². The van der Waals surface area contributed by atoms with Crippen molar-refractivity contribution in [2.75, 3.05) is 0 Å². The zero-order valence-electron chi connectivity index (χ0n) is 12.7. The van der Waals surface area contributed by atoms with Crippen molar-refractivity contribution in [1.82, 2.24) is 0 Å². The Morgan fingerprint density at radius 1 is 0.706 bits per heavy atom. The summed E-state index contributed by atoms with van der Waals surface area (Å²) < 4.78 is 0. The van der Waals surface area contributed by atoms with Crippen LogP contribution in [0.5, 0.6) is 0 Å². The van der Waals surface area contributed by atoms with Crippen LogP contribution in [0.1, 0.15) is 60.2 Å². The van der Waals surface area contributed by atoms with Gasteiger partial charge in [-0.05, 0) is 73.4 Å². The Labute approximate surface area is 106 Å². The van der Waals surface area contributed by atoms with Gasteiger partial charge in [-0.25, -0.2) is 0 Å². The lowest BCUT2D eigenvalue weighted by Gasteiger charge is -2.32. The Morgan fingerprint density at radius 2 is 1.00 bits per heavy atom. The van der Waals surface area contributed by atoms with Crippen molar-refractivity contribution in [3.05, 3.63) is 33.4 Å². The Bertz CT molecular complexity index is 407. The third-order valence-corrected chi connectivity index (χ3v) is 4.30. The predicted octanol–water partition coefficient (Wildman–Crippen LogP) is 4.27. The van der Waals surface area contributed by atoms with Crippen LogP contribution in [0.15, 0.2) is 0 Å². The molecule has 96 valence electrons. The van der Waals surface area contributed by atoms with Crippen molar-refractivity contribution in [3.63, 3.8) is 0 Å². The van der Waals surface area contributed by atoms with E-state index in [0.29, 0.717) is 0 Å². The standard InChI is InChI=1S/C16H27N/c1-9-10(2)12(4)14(13(5)11(9)3)15(17)16(6,7)8/h15H,17H2,1-8H3/t15-/m0/s1. The fraction of sp³-hybridized carbons (Fsp3) is 0.625. The number of nitrogens with two attached hydrogens (primary N) is 1. The lowest BCUT2D eigenvalue weighted by molar-refractivity contribution is 0.325. The SMILES string of the molecule is Cc1c(C)c(C)c([C@H](N)C(C)(C)C)c(C)c1C. The van der Waals surface area contributed by atoms with Crippen LogP contribution >= 0.6 is 0 Å². The molecule has 0 radical (unpaired) electrons. The van der Waals surface area contributed by atoms with E-state index in [-0.39, 0.29) is 11.5 Å². The van der Waals surface area contributed by atoms with Gasteiger partial charge >= 0.3 is 0 Å². The average Bonchev–Trinajstić information content (AvgIpc) is 2.22. The van der Waals surface area contributed by atoms with Crippen molar-refractivity contribution in [2.45, 2.75) is 61.4 Å². The topological polar surface area (TPSA) is 26.0 Å². The molecule has 0 saturated heterocycles. The number of rotatable bonds is 1. The van der Waals surface area contributed by atoms with E-state index in [9.17, 15) is 0 Å². The summed E-state index contributed by atoms with van der Waals surface area (Å²) in [5.41, 5.74) is 14.8. The highest BCUT2D eigenvalue weighted by atomic mass is 14.7. The molecule has 1 rings (SSSR count). The lowest BCUT2D eigenvalue weighted by Crippen LogP contribution is -2.28. The molecule has 0 bridgehead atoms. The molecule has 2 N–H and O–H groups in total. The zero-order valence-corrected chi connectivity index (χ0v) is 12.7. The van der Waals surface area contributed by atoms with E-state index in [1.165, 1.54) is 33.4 Å². The Hall–Kier alpha value is -0.820. The van der Waals surface area contributed by atoms with Crippen LogP contribution in [0, 0.1) is 40.0 Å². The van der Waals surface area contributed by atoms with Crippen LogP contribution in [0.3, 0.4) is 0 Å². The second-order valence-corrected chi connectivity index (χ2v) is 6.38. The molecule has 0 unspecified atom stereocenters. The van der Waals surface area contributed by atoms with Crippen LogP contribution in [0.25, 0.3) is 0 Å². The van der Waals surface area contributed by atoms with E-state index in [1.807, 2.05) is 0 Å².